The number of carbonyl (C=O) groups is 1. The summed E-state index contributed by atoms with van der Waals surface area (Å²) in [6, 6.07) is 9.57. The molecule has 0 aliphatic carbocycles. The fraction of sp³-hybridized carbons (Fsp3) is 0.190. The summed E-state index contributed by atoms with van der Waals surface area (Å²) in [5.41, 5.74) is -0.992. The maximum absolute atomic E-state index is 14.3. The van der Waals surface area contributed by atoms with Gasteiger partial charge >= 0.3 is 12.1 Å². The maximum atomic E-state index is 14.3. The van der Waals surface area contributed by atoms with Gasteiger partial charge in [0.2, 0.25) is 5.82 Å². The van der Waals surface area contributed by atoms with Crippen LogP contribution >= 0.6 is 15.9 Å². The smallest absolute Gasteiger partial charge is 0.418 e. The Morgan fingerprint density at radius 3 is 2.32 bits per heavy atom. The fourth-order valence-electron chi connectivity index (χ4n) is 2.98. The van der Waals surface area contributed by atoms with Crippen LogP contribution in [0.5, 0.6) is 5.75 Å². The normalized spacial score (nSPS) is 11.5. The van der Waals surface area contributed by atoms with Gasteiger partial charge in [-0.25, -0.2) is 4.39 Å². The molecule has 2 aromatic carbocycles. The number of carboxylic acid groups (broad SMARTS) is 1. The van der Waals surface area contributed by atoms with Crippen molar-refractivity contribution >= 4 is 21.9 Å². The molecule has 3 aromatic rings. The van der Waals surface area contributed by atoms with E-state index in [2.05, 4.69) is 15.9 Å². The summed E-state index contributed by atoms with van der Waals surface area (Å²) in [7, 11) is 0. The van der Waals surface area contributed by atoms with Crippen molar-refractivity contribution in [3.05, 3.63) is 81.6 Å². The minimum absolute atomic E-state index is 0.165. The molecule has 0 saturated heterocycles. The highest BCUT2D eigenvalue weighted by atomic mass is 79.9. The summed E-state index contributed by atoms with van der Waals surface area (Å²) in [6.45, 7) is -0.678. The SMILES string of the molecule is O=C(O)CCc1ccc(OCc2c(C(F)(F)F)ccn2-c2ccc(Br)cc2)c(F)c1F. The van der Waals surface area contributed by atoms with Crippen LogP contribution in [0.1, 0.15) is 23.2 Å². The number of rotatable bonds is 7. The number of alkyl halides is 3. The van der Waals surface area contributed by atoms with Crippen molar-refractivity contribution in [2.75, 3.05) is 0 Å². The number of hydrogen-bond donors (Lipinski definition) is 1. The van der Waals surface area contributed by atoms with E-state index in [9.17, 15) is 26.7 Å². The first-order valence-electron chi connectivity index (χ1n) is 8.92. The highest BCUT2D eigenvalue weighted by Crippen LogP contribution is 2.35. The van der Waals surface area contributed by atoms with Gasteiger partial charge < -0.3 is 14.4 Å². The number of halogens is 6. The van der Waals surface area contributed by atoms with E-state index in [0.29, 0.717) is 5.69 Å². The van der Waals surface area contributed by atoms with Gasteiger partial charge in [-0.1, -0.05) is 22.0 Å². The molecule has 0 saturated carbocycles. The molecule has 1 aromatic heterocycles. The van der Waals surface area contributed by atoms with Crippen LogP contribution in [0.3, 0.4) is 0 Å². The topological polar surface area (TPSA) is 51.5 Å². The average molecular weight is 504 g/mol. The van der Waals surface area contributed by atoms with Crippen LogP contribution in [0.2, 0.25) is 0 Å². The number of nitrogens with zero attached hydrogens (tertiary/aromatic N) is 1. The number of hydrogen-bond acceptors (Lipinski definition) is 2. The largest absolute Gasteiger partial charge is 0.484 e. The lowest BCUT2D eigenvalue weighted by atomic mass is 10.1. The van der Waals surface area contributed by atoms with E-state index >= 15 is 0 Å². The maximum Gasteiger partial charge on any atom is 0.418 e. The van der Waals surface area contributed by atoms with E-state index in [0.717, 1.165) is 22.7 Å². The quantitative estimate of drug-likeness (QED) is 0.394. The molecule has 3 rings (SSSR count). The summed E-state index contributed by atoms with van der Waals surface area (Å²) in [5.74, 6) is -4.43. The number of benzene rings is 2. The Bertz CT molecular complexity index is 1090. The predicted octanol–water partition coefficient (Wildman–Crippen LogP) is 6.13. The van der Waals surface area contributed by atoms with Crippen molar-refractivity contribution in [3.8, 4) is 11.4 Å². The zero-order valence-electron chi connectivity index (χ0n) is 15.7. The van der Waals surface area contributed by atoms with E-state index in [1.165, 1.54) is 10.8 Å². The summed E-state index contributed by atoms with van der Waals surface area (Å²) >= 11 is 3.25. The van der Waals surface area contributed by atoms with Crippen LogP contribution in [0.15, 0.2) is 53.1 Å². The van der Waals surface area contributed by atoms with E-state index < -0.39 is 48.1 Å². The van der Waals surface area contributed by atoms with E-state index in [1.807, 2.05) is 0 Å². The highest BCUT2D eigenvalue weighted by molar-refractivity contribution is 9.10. The van der Waals surface area contributed by atoms with Crippen molar-refractivity contribution in [2.45, 2.75) is 25.6 Å². The molecule has 0 spiro atoms. The molecular weight excluding hydrogens is 489 g/mol. The molecule has 0 radical (unpaired) electrons. The molecule has 0 unspecified atom stereocenters. The molecule has 0 atom stereocenters. The second kappa shape index (κ2) is 9.09. The lowest BCUT2D eigenvalue weighted by molar-refractivity contribution is -0.139. The second-order valence-electron chi connectivity index (χ2n) is 6.55. The van der Waals surface area contributed by atoms with E-state index in [4.69, 9.17) is 9.84 Å². The molecule has 0 aliphatic heterocycles. The molecule has 4 nitrogen and oxygen atoms in total. The number of aliphatic carboxylic acids is 1. The molecule has 0 bridgehead atoms. The fourth-order valence-corrected chi connectivity index (χ4v) is 3.24. The zero-order valence-corrected chi connectivity index (χ0v) is 17.3. The third-order valence-corrected chi connectivity index (χ3v) is 5.03. The Morgan fingerprint density at radius 2 is 1.71 bits per heavy atom. The summed E-state index contributed by atoms with van der Waals surface area (Å²) in [4.78, 5) is 10.6. The van der Waals surface area contributed by atoms with Gasteiger partial charge in [0, 0.05) is 22.8 Å². The Labute approximate surface area is 182 Å². The molecule has 31 heavy (non-hydrogen) atoms. The molecule has 1 N–H and O–H groups in total. The van der Waals surface area contributed by atoms with E-state index in [1.54, 1.807) is 24.3 Å². The van der Waals surface area contributed by atoms with Gasteiger partial charge in [0.1, 0.15) is 6.61 Å². The molecule has 164 valence electrons. The second-order valence-corrected chi connectivity index (χ2v) is 7.47. The Balaban J connectivity index is 1.90. The minimum Gasteiger partial charge on any atom is -0.484 e. The third-order valence-electron chi connectivity index (χ3n) is 4.50. The van der Waals surface area contributed by atoms with Crippen LogP contribution in [0, 0.1) is 11.6 Å². The van der Waals surface area contributed by atoms with Crippen molar-refractivity contribution < 1.29 is 36.6 Å². The van der Waals surface area contributed by atoms with Gasteiger partial charge in [0.25, 0.3) is 0 Å². The summed E-state index contributed by atoms with van der Waals surface area (Å²) in [6.07, 6.45) is -4.09. The van der Waals surface area contributed by atoms with Crippen LogP contribution in [0.25, 0.3) is 5.69 Å². The highest BCUT2D eigenvalue weighted by Gasteiger charge is 2.35. The van der Waals surface area contributed by atoms with Gasteiger partial charge in [-0.05, 0) is 48.4 Å². The Kier molecular flexibility index (Phi) is 6.68. The van der Waals surface area contributed by atoms with Crippen LogP contribution in [0.4, 0.5) is 22.0 Å². The summed E-state index contributed by atoms with van der Waals surface area (Å²) in [5, 5.41) is 8.67. The molecule has 0 fully saturated rings. The Hall–Kier alpha value is -2.88. The van der Waals surface area contributed by atoms with Gasteiger partial charge in [-0.2, -0.15) is 17.6 Å². The lowest BCUT2D eigenvalue weighted by Crippen LogP contribution is -2.13. The first-order chi connectivity index (χ1) is 14.6. The first-order valence-corrected chi connectivity index (χ1v) is 9.72. The monoisotopic (exact) mass is 503 g/mol. The third kappa shape index (κ3) is 5.25. The molecule has 10 heteroatoms. The number of carboxylic acids is 1. The van der Waals surface area contributed by atoms with Crippen LogP contribution in [-0.4, -0.2) is 15.6 Å². The summed E-state index contributed by atoms with van der Waals surface area (Å²) < 4.78 is 76.1. The van der Waals surface area contributed by atoms with Crippen molar-refractivity contribution in [1.82, 2.24) is 4.57 Å². The van der Waals surface area contributed by atoms with Crippen molar-refractivity contribution in [1.29, 1.82) is 0 Å². The van der Waals surface area contributed by atoms with Gasteiger partial charge in [-0.15, -0.1) is 0 Å². The lowest BCUT2D eigenvalue weighted by Gasteiger charge is -2.15. The number of aryl methyl sites for hydroxylation is 1. The zero-order chi connectivity index (χ0) is 22.8. The van der Waals surface area contributed by atoms with Crippen LogP contribution < -0.4 is 4.74 Å². The van der Waals surface area contributed by atoms with Gasteiger partial charge in [-0.3, -0.25) is 4.79 Å². The minimum atomic E-state index is -4.68. The Morgan fingerprint density at radius 1 is 1.03 bits per heavy atom. The van der Waals surface area contributed by atoms with Gasteiger partial charge in [0.15, 0.2) is 11.6 Å². The molecular formula is C21H15BrF5NO3. The standard InChI is InChI=1S/C21H15BrF5NO3/c22-13-3-5-14(6-4-13)28-10-9-15(21(25,26)27)16(28)11-31-17-7-1-12(2-8-18(29)30)19(23)20(17)24/h1,3-7,9-10H,2,8,11H2,(H,29,30). The molecule has 0 amide bonds. The first kappa shape index (κ1) is 22.8. The van der Waals surface area contributed by atoms with Crippen molar-refractivity contribution in [3.63, 3.8) is 0 Å². The van der Waals surface area contributed by atoms with Gasteiger partial charge in [0.05, 0.1) is 11.3 Å². The van der Waals surface area contributed by atoms with Crippen LogP contribution in [-0.2, 0) is 24.0 Å². The number of aromatic nitrogens is 1. The number of ether oxygens (including phenoxy) is 1. The molecule has 1 heterocycles. The average Bonchev–Trinajstić information content (AvgIpc) is 3.13. The molecule has 0 aliphatic rings. The predicted molar refractivity (Wildman–Crippen MR) is 105 cm³/mol. The van der Waals surface area contributed by atoms with Crippen molar-refractivity contribution in [2.24, 2.45) is 0 Å². The van der Waals surface area contributed by atoms with E-state index in [-0.39, 0.29) is 17.7 Å².